The first-order valence-corrected chi connectivity index (χ1v) is 15.3. The van der Waals surface area contributed by atoms with Crippen LogP contribution in [0.2, 0.25) is 0 Å². The molecule has 48 heavy (non-hydrogen) atoms. The maximum Gasteiger partial charge on any atom is 0.573 e. The fourth-order valence-corrected chi connectivity index (χ4v) is 5.64. The minimum Gasteiger partial charge on any atom is -0.439 e. The van der Waals surface area contributed by atoms with Gasteiger partial charge >= 0.3 is 24.8 Å². The normalized spacial score (nSPS) is 20.6. The maximum absolute atomic E-state index is 13.5. The van der Waals surface area contributed by atoms with Gasteiger partial charge < -0.3 is 23.8 Å². The van der Waals surface area contributed by atoms with E-state index in [9.17, 15) is 44.3 Å². The summed E-state index contributed by atoms with van der Waals surface area (Å²) in [5.74, 6) is -0.573. The quantitative estimate of drug-likeness (QED) is 0.172. The standard InChI is InChI=1S/C32H37F9N2O5/c1-5-42(11-7-6-8-26-45-17-29(3,4)18-46-26)25-10-9-24(48-32(39,40)41)14-21(25)16-43-19(2)27(47-28(43)44)20-12-22(30(33,34)35)15-23(13-20)31(36,37)38/h9-10,12-15,19,26-27H,5-8,11,16-18H2,1-4H3/t19-,27-/m0/s1. The Morgan fingerprint density at radius 2 is 1.52 bits per heavy atom. The monoisotopic (exact) mass is 700 g/mol. The molecule has 2 fully saturated rings. The van der Waals surface area contributed by atoms with Gasteiger partial charge in [-0.25, -0.2) is 4.79 Å². The molecule has 4 rings (SSSR count). The van der Waals surface area contributed by atoms with Gasteiger partial charge in [-0.1, -0.05) is 13.8 Å². The molecule has 2 aliphatic rings. The van der Waals surface area contributed by atoms with Crippen molar-refractivity contribution in [2.75, 3.05) is 31.2 Å². The van der Waals surface area contributed by atoms with E-state index in [2.05, 4.69) is 4.74 Å². The van der Waals surface area contributed by atoms with Crippen molar-refractivity contribution >= 4 is 11.8 Å². The molecular formula is C32H37F9N2O5. The molecule has 1 amide bonds. The van der Waals surface area contributed by atoms with Crippen LogP contribution in [0.25, 0.3) is 0 Å². The molecule has 0 N–H and O–H groups in total. The lowest BCUT2D eigenvalue weighted by Gasteiger charge is -2.34. The zero-order valence-corrected chi connectivity index (χ0v) is 26.7. The van der Waals surface area contributed by atoms with E-state index in [4.69, 9.17) is 14.2 Å². The summed E-state index contributed by atoms with van der Waals surface area (Å²) in [5, 5.41) is 0. The number of alkyl halides is 9. The molecule has 0 aliphatic carbocycles. The smallest absolute Gasteiger partial charge is 0.439 e. The van der Waals surface area contributed by atoms with E-state index >= 15 is 0 Å². The Kier molecular flexibility index (Phi) is 11.1. The third kappa shape index (κ3) is 9.61. The fraction of sp³-hybridized carbons (Fsp3) is 0.594. The Morgan fingerprint density at radius 1 is 0.917 bits per heavy atom. The van der Waals surface area contributed by atoms with Crippen molar-refractivity contribution in [1.29, 1.82) is 0 Å². The van der Waals surface area contributed by atoms with Crippen LogP contribution >= 0.6 is 0 Å². The highest BCUT2D eigenvalue weighted by Gasteiger charge is 2.43. The molecule has 0 spiro atoms. The van der Waals surface area contributed by atoms with E-state index in [-0.39, 0.29) is 29.9 Å². The zero-order valence-electron chi connectivity index (χ0n) is 26.7. The van der Waals surface area contributed by atoms with Crippen molar-refractivity contribution in [3.05, 3.63) is 58.7 Å². The summed E-state index contributed by atoms with van der Waals surface area (Å²) in [7, 11) is 0. The molecular weight excluding hydrogens is 663 g/mol. The van der Waals surface area contributed by atoms with Gasteiger partial charge in [0, 0.05) is 24.2 Å². The second-order valence-corrected chi connectivity index (χ2v) is 12.6. The number of carbonyl (C=O) groups excluding carboxylic acids is 1. The van der Waals surface area contributed by atoms with Crippen LogP contribution in [0.4, 0.5) is 50.0 Å². The first-order valence-electron chi connectivity index (χ1n) is 15.3. The number of hydrogen-bond donors (Lipinski definition) is 0. The Balaban J connectivity index is 1.56. The molecule has 2 saturated heterocycles. The minimum absolute atomic E-state index is 0.0314. The average molecular weight is 701 g/mol. The predicted molar refractivity (Wildman–Crippen MR) is 155 cm³/mol. The number of benzene rings is 2. The average Bonchev–Trinajstić information content (AvgIpc) is 3.25. The molecule has 2 aromatic carbocycles. The molecule has 0 saturated carbocycles. The van der Waals surface area contributed by atoms with Gasteiger partial charge in [-0.15, -0.1) is 13.2 Å². The van der Waals surface area contributed by atoms with E-state index in [1.165, 1.54) is 13.0 Å². The second-order valence-electron chi connectivity index (χ2n) is 12.6. The molecule has 2 aliphatic heterocycles. The molecule has 268 valence electrons. The van der Waals surface area contributed by atoms with Crippen LogP contribution in [-0.4, -0.2) is 56.0 Å². The van der Waals surface area contributed by atoms with Crippen molar-refractivity contribution in [1.82, 2.24) is 4.90 Å². The van der Waals surface area contributed by atoms with Gasteiger partial charge in [-0.2, -0.15) is 26.3 Å². The molecule has 2 heterocycles. The number of carbonyl (C=O) groups is 1. The van der Waals surface area contributed by atoms with Crippen molar-refractivity contribution in [3.63, 3.8) is 0 Å². The van der Waals surface area contributed by atoms with E-state index in [0.29, 0.717) is 63.4 Å². The number of halogens is 9. The van der Waals surface area contributed by atoms with Crippen LogP contribution in [0.5, 0.6) is 5.75 Å². The summed E-state index contributed by atoms with van der Waals surface area (Å²) < 4.78 is 141. The van der Waals surface area contributed by atoms with Crippen molar-refractivity contribution in [3.8, 4) is 5.75 Å². The number of amides is 1. The lowest BCUT2D eigenvalue weighted by molar-refractivity contribution is -0.274. The number of nitrogens with zero attached hydrogens (tertiary/aromatic N) is 2. The minimum atomic E-state index is -5.12. The summed E-state index contributed by atoms with van der Waals surface area (Å²) in [4.78, 5) is 15.9. The van der Waals surface area contributed by atoms with E-state index in [1.54, 1.807) is 0 Å². The third-order valence-electron chi connectivity index (χ3n) is 8.12. The van der Waals surface area contributed by atoms with E-state index < -0.39 is 59.4 Å². The van der Waals surface area contributed by atoms with Gasteiger partial charge in [0.2, 0.25) is 0 Å². The highest BCUT2D eigenvalue weighted by atomic mass is 19.4. The number of cyclic esters (lactones) is 1. The predicted octanol–water partition coefficient (Wildman–Crippen LogP) is 9.10. The SMILES string of the molecule is CCN(CCCCC1OCC(C)(C)CO1)c1ccc(OC(F)(F)F)cc1CN1C(=O)O[C@H](c2cc(C(F)(F)F)cc(C(F)(F)F)c2)[C@@H]1C. The number of hydrogen-bond acceptors (Lipinski definition) is 6. The lowest BCUT2D eigenvalue weighted by Crippen LogP contribution is -2.37. The Bertz CT molecular complexity index is 1390. The van der Waals surface area contributed by atoms with Gasteiger partial charge in [-0.05, 0) is 80.6 Å². The highest BCUT2D eigenvalue weighted by Crippen LogP contribution is 2.42. The highest BCUT2D eigenvalue weighted by molar-refractivity contribution is 5.72. The van der Waals surface area contributed by atoms with Crippen LogP contribution < -0.4 is 9.64 Å². The molecule has 7 nitrogen and oxygen atoms in total. The van der Waals surface area contributed by atoms with E-state index in [0.717, 1.165) is 17.0 Å². The Morgan fingerprint density at radius 3 is 2.06 bits per heavy atom. The third-order valence-corrected chi connectivity index (χ3v) is 8.12. The van der Waals surface area contributed by atoms with Crippen LogP contribution in [0.15, 0.2) is 36.4 Å². The molecule has 0 unspecified atom stereocenters. The van der Waals surface area contributed by atoms with Gasteiger partial charge in [-0.3, -0.25) is 4.90 Å². The molecule has 16 heteroatoms. The summed E-state index contributed by atoms with van der Waals surface area (Å²) in [6, 6.07) is 3.46. The Labute approximate surface area is 271 Å². The number of rotatable bonds is 11. The van der Waals surface area contributed by atoms with Gasteiger partial charge in [0.05, 0.1) is 36.9 Å². The first-order chi connectivity index (χ1) is 22.2. The summed E-state index contributed by atoms with van der Waals surface area (Å²) >= 11 is 0. The van der Waals surface area contributed by atoms with Crippen molar-refractivity contribution < 1.29 is 63.3 Å². The van der Waals surface area contributed by atoms with Crippen molar-refractivity contribution in [2.45, 2.75) is 90.7 Å². The molecule has 2 aromatic rings. The van der Waals surface area contributed by atoms with Crippen LogP contribution in [0.3, 0.4) is 0 Å². The fourth-order valence-electron chi connectivity index (χ4n) is 5.64. The number of ether oxygens (including phenoxy) is 4. The lowest BCUT2D eigenvalue weighted by atomic mass is 9.95. The van der Waals surface area contributed by atoms with Crippen LogP contribution in [-0.2, 0) is 33.1 Å². The first kappa shape index (κ1) is 37.4. The van der Waals surface area contributed by atoms with Crippen LogP contribution in [0, 0.1) is 5.41 Å². The summed E-state index contributed by atoms with van der Waals surface area (Å²) in [5.41, 5.74) is -3.09. The van der Waals surface area contributed by atoms with Gasteiger partial charge in [0.25, 0.3) is 0 Å². The molecule has 0 bridgehead atoms. The zero-order chi connectivity index (χ0) is 35.7. The summed E-state index contributed by atoms with van der Waals surface area (Å²) in [6.45, 7) is 8.89. The van der Waals surface area contributed by atoms with Crippen LogP contribution in [0.1, 0.15) is 75.3 Å². The number of anilines is 1. The molecule has 2 atom stereocenters. The van der Waals surface area contributed by atoms with E-state index in [1.807, 2.05) is 25.7 Å². The van der Waals surface area contributed by atoms with Crippen molar-refractivity contribution in [2.24, 2.45) is 5.41 Å². The second kappa shape index (κ2) is 14.2. The number of unbranched alkanes of at least 4 members (excludes halogenated alkanes) is 1. The maximum atomic E-state index is 13.5. The molecule has 0 radical (unpaired) electrons. The van der Waals surface area contributed by atoms with Gasteiger partial charge in [0.15, 0.2) is 6.29 Å². The topological polar surface area (TPSA) is 60.5 Å². The molecule has 0 aromatic heterocycles. The van der Waals surface area contributed by atoms with Gasteiger partial charge in [0.1, 0.15) is 11.9 Å². The summed E-state index contributed by atoms with van der Waals surface area (Å²) in [6.07, 6.45) is -16.2. The largest absolute Gasteiger partial charge is 0.573 e. The Hall–Kier alpha value is -3.40.